The van der Waals surface area contributed by atoms with Crippen molar-refractivity contribution in [2.75, 3.05) is 33.9 Å². The van der Waals surface area contributed by atoms with Crippen LogP contribution in [-0.2, 0) is 0 Å². The van der Waals surface area contributed by atoms with E-state index in [1.54, 1.807) is 20.5 Å². The Morgan fingerprint density at radius 1 is 1.25 bits per heavy atom. The predicted molar refractivity (Wildman–Crippen MR) is 113 cm³/mol. The molecule has 1 saturated heterocycles. The third kappa shape index (κ3) is 3.29. The number of aromatic nitrogens is 2. The van der Waals surface area contributed by atoms with Gasteiger partial charge in [0, 0.05) is 29.1 Å². The SMILES string of the molecule is CCN1CCC[C@@H](n2cnc3scc(-c4ccc(OC)cc4OC)c3c2=O)C1. The monoisotopic (exact) mass is 399 g/mol. The fourth-order valence-corrected chi connectivity index (χ4v) is 4.87. The minimum absolute atomic E-state index is 0.0297. The van der Waals surface area contributed by atoms with Crippen molar-refractivity contribution in [3.05, 3.63) is 40.3 Å². The summed E-state index contributed by atoms with van der Waals surface area (Å²) in [5.41, 5.74) is 1.78. The highest BCUT2D eigenvalue weighted by molar-refractivity contribution is 7.17. The molecule has 1 aromatic carbocycles. The number of thiophene rings is 1. The van der Waals surface area contributed by atoms with Gasteiger partial charge in [-0.15, -0.1) is 11.3 Å². The lowest BCUT2D eigenvalue weighted by Gasteiger charge is -2.32. The molecule has 0 aliphatic carbocycles. The van der Waals surface area contributed by atoms with Crippen LogP contribution in [0.5, 0.6) is 11.5 Å². The third-order valence-electron chi connectivity index (χ3n) is 5.54. The summed E-state index contributed by atoms with van der Waals surface area (Å²) in [7, 11) is 3.26. The first-order valence-electron chi connectivity index (χ1n) is 9.59. The summed E-state index contributed by atoms with van der Waals surface area (Å²) in [6.45, 7) is 5.17. The van der Waals surface area contributed by atoms with Crippen LogP contribution in [0, 0.1) is 0 Å². The number of methoxy groups -OCH3 is 2. The molecule has 3 heterocycles. The Bertz CT molecular complexity index is 1040. The number of benzene rings is 1. The lowest BCUT2D eigenvalue weighted by molar-refractivity contribution is 0.183. The molecule has 0 amide bonds. The lowest BCUT2D eigenvalue weighted by atomic mass is 10.0. The van der Waals surface area contributed by atoms with Crippen molar-refractivity contribution in [1.29, 1.82) is 0 Å². The van der Waals surface area contributed by atoms with Crippen molar-refractivity contribution in [2.45, 2.75) is 25.8 Å². The van der Waals surface area contributed by atoms with Crippen molar-refractivity contribution in [3.8, 4) is 22.6 Å². The van der Waals surface area contributed by atoms with Crippen LogP contribution >= 0.6 is 11.3 Å². The van der Waals surface area contributed by atoms with Crippen molar-refractivity contribution in [3.63, 3.8) is 0 Å². The molecule has 1 fully saturated rings. The summed E-state index contributed by atoms with van der Waals surface area (Å²) in [5.74, 6) is 1.40. The highest BCUT2D eigenvalue weighted by Gasteiger charge is 2.23. The van der Waals surface area contributed by atoms with E-state index in [2.05, 4.69) is 16.8 Å². The summed E-state index contributed by atoms with van der Waals surface area (Å²) in [6, 6.07) is 5.84. The van der Waals surface area contributed by atoms with Gasteiger partial charge in [0.15, 0.2) is 0 Å². The van der Waals surface area contributed by atoms with E-state index in [1.807, 2.05) is 28.1 Å². The van der Waals surface area contributed by atoms with Crippen LogP contribution in [0.1, 0.15) is 25.8 Å². The molecule has 1 aliphatic heterocycles. The predicted octanol–water partition coefficient (Wildman–Crippen LogP) is 3.80. The molecule has 0 radical (unpaired) electrons. The summed E-state index contributed by atoms with van der Waals surface area (Å²) in [4.78, 5) is 21.2. The molecule has 2 aromatic heterocycles. The number of hydrogen-bond donors (Lipinski definition) is 0. The number of piperidine rings is 1. The number of rotatable bonds is 5. The number of nitrogens with zero attached hydrogens (tertiary/aromatic N) is 3. The molecule has 3 aromatic rings. The van der Waals surface area contributed by atoms with E-state index >= 15 is 0 Å². The van der Waals surface area contributed by atoms with Crippen molar-refractivity contribution in [2.24, 2.45) is 0 Å². The number of likely N-dealkylation sites (N-methyl/N-ethyl adjacent to an activating group) is 1. The number of ether oxygens (including phenoxy) is 2. The molecular formula is C21H25N3O3S. The van der Waals surface area contributed by atoms with Crippen molar-refractivity contribution >= 4 is 21.6 Å². The van der Waals surface area contributed by atoms with Crippen LogP contribution in [0.25, 0.3) is 21.3 Å². The Morgan fingerprint density at radius 3 is 2.86 bits per heavy atom. The third-order valence-corrected chi connectivity index (χ3v) is 6.43. The van der Waals surface area contributed by atoms with Gasteiger partial charge in [0.25, 0.3) is 5.56 Å². The quantitative estimate of drug-likeness (QED) is 0.653. The van der Waals surface area contributed by atoms with Gasteiger partial charge >= 0.3 is 0 Å². The molecule has 1 aliphatic rings. The number of likely N-dealkylation sites (tertiary alicyclic amines) is 1. The lowest BCUT2D eigenvalue weighted by Crippen LogP contribution is -2.39. The summed E-state index contributed by atoms with van der Waals surface area (Å²) < 4.78 is 12.7. The van der Waals surface area contributed by atoms with E-state index in [-0.39, 0.29) is 11.6 Å². The van der Waals surface area contributed by atoms with E-state index in [9.17, 15) is 4.79 Å². The zero-order valence-corrected chi connectivity index (χ0v) is 17.3. The van der Waals surface area contributed by atoms with E-state index in [0.717, 1.165) is 54.2 Å². The van der Waals surface area contributed by atoms with Crippen LogP contribution in [0.3, 0.4) is 0 Å². The van der Waals surface area contributed by atoms with Gasteiger partial charge in [-0.2, -0.15) is 0 Å². The van der Waals surface area contributed by atoms with Gasteiger partial charge in [-0.3, -0.25) is 9.36 Å². The molecular weight excluding hydrogens is 374 g/mol. The highest BCUT2D eigenvalue weighted by Crippen LogP contribution is 2.38. The minimum atomic E-state index is 0.0297. The first-order valence-corrected chi connectivity index (χ1v) is 10.5. The van der Waals surface area contributed by atoms with Gasteiger partial charge in [-0.05, 0) is 38.1 Å². The number of hydrogen-bond acceptors (Lipinski definition) is 6. The first kappa shape index (κ1) is 19.0. The maximum atomic E-state index is 13.4. The molecule has 7 heteroatoms. The van der Waals surface area contributed by atoms with Gasteiger partial charge in [0.1, 0.15) is 16.3 Å². The van der Waals surface area contributed by atoms with E-state index in [0.29, 0.717) is 11.1 Å². The van der Waals surface area contributed by atoms with Crippen molar-refractivity contribution < 1.29 is 9.47 Å². The summed E-state index contributed by atoms with van der Waals surface area (Å²) >= 11 is 1.49. The minimum Gasteiger partial charge on any atom is -0.497 e. The molecule has 0 bridgehead atoms. The second-order valence-electron chi connectivity index (χ2n) is 7.04. The maximum absolute atomic E-state index is 13.4. The van der Waals surface area contributed by atoms with Gasteiger partial charge in [-0.25, -0.2) is 4.98 Å². The second-order valence-corrected chi connectivity index (χ2v) is 7.90. The van der Waals surface area contributed by atoms with Gasteiger partial charge in [0.2, 0.25) is 0 Å². The molecule has 0 spiro atoms. The van der Waals surface area contributed by atoms with E-state index in [1.165, 1.54) is 11.3 Å². The molecule has 4 rings (SSSR count). The topological polar surface area (TPSA) is 56.6 Å². The standard InChI is InChI=1S/C21H25N3O3S/c1-4-23-9-5-6-14(11-23)24-13-22-20-19(21(24)25)17(12-28-20)16-8-7-15(26-2)10-18(16)27-3/h7-8,10,12-14H,4-6,9,11H2,1-3H3/t14-/m1/s1. The Labute approximate surface area is 168 Å². The van der Waals surface area contributed by atoms with Crippen LogP contribution in [-0.4, -0.2) is 48.3 Å². The fourth-order valence-electron chi connectivity index (χ4n) is 3.97. The average molecular weight is 400 g/mol. The van der Waals surface area contributed by atoms with Gasteiger partial charge < -0.3 is 14.4 Å². The van der Waals surface area contributed by atoms with Crippen LogP contribution in [0.2, 0.25) is 0 Å². The molecule has 6 nitrogen and oxygen atoms in total. The zero-order chi connectivity index (χ0) is 19.7. The van der Waals surface area contributed by atoms with E-state index < -0.39 is 0 Å². The Morgan fingerprint density at radius 2 is 2.11 bits per heavy atom. The Hall–Kier alpha value is -2.38. The number of fused-ring (bicyclic) bond motifs is 1. The summed E-state index contributed by atoms with van der Waals surface area (Å²) in [6.07, 6.45) is 3.83. The summed E-state index contributed by atoms with van der Waals surface area (Å²) in [5, 5.41) is 2.66. The first-order chi connectivity index (χ1) is 13.7. The molecule has 0 saturated carbocycles. The largest absolute Gasteiger partial charge is 0.497 e. The Balaban J connectivity index is 1.83. The average Bonchev–Trinajstić information content (AvgIpc) is 3.18. The van der Waals surface area contributed by atoms with Gasteiger partial charge in [0.05, 0.1) is 32.0 Å². The second kappa shape index (κ2) is 7.93. The smallest absolute Gasteiger partial charge is 0.263 e. The highest BCUT2D eigenvalue weighted by atomic mass is 32.1. The normalized spacial score (nSPS) is 17.8. The fraction of sp³-hybridized carbons (Fsp3) is 0.429. The van der Waals surface area contributed by atoms with Crippen LogP contribution in [0.4, 0.5) is 0 Å². The van der Waals surface area contributed by atoms with Gasteiger partial charge in [-0.1, -0.05) is 6.92 Å². The zero-order valence-electron chi connectivity index (χ0n) is 16.5. The maximum Gasteiger partial charge on any atom is 0.263 e. The van der Waals surface area contributed by atoms with Crippen LogP contribution < -0.4 is 15.0 Å². The molecule has 0 unspecified atom stereocenters. The molecule has 148 valence electrons. The Kier molecular flexibility index (Phi) is 5.37. The van der Waals surface area contributed by atoms with Crippen molar-refractivity contribution in [1.82, 2.24) is 14.5 Å². The molecule has 0 N–H and O–H groups in total. The molecule has 28 heavy (non-hydrogen) atoms. The molecule has 1 atom stereocenters. The van der Waals surface area contributed by atoms with E-state index in [4.69, 9.17) is 9.47 Å². The van der Waals surface area contributed by atoms with Crippen LogP contribution in [0.15, 0.2) is 34.7 Å².